The summed E-state index contributed by atoms with van der Waals surface area (Å²) in [6.45, 7) is 4.32. The highest BCUT2D eigenvalue weighted by Gasteiger charge is 2.18. The normalized spacial score (nSPS) is 10.9. The van der Waals surface area contributed by atoms with Gasteiger partial charge >= 0.3 is 0 Å². The Morgan fingerprint density at radius 1 is 1.17 bits per heavy atom. The monoisotopic (exact) mass is 444 g/mol. The molecule has 1 aromatic heterocycles. The number of hydrogen-bond acceptors (Lipinski definition) is 5. The van der Waals surface area contributed by atoms with E-state index in [0.717, 1.165) is 17.0 Å². The topological polar surface area (TPSA) is 60.2 Å². The lowest BCUT2D eigenvalue weighted by molar-refractivity contribution is -0.129. The fourth-order valence-corrected chi connectivity index (χ4v) is 4.13. The highest BCUT2D eigenvalue weighted by molar-refractivity contribution is 7.99. The second-order valence-electron chi connectivity index (χ2n) is 6.64. The Labute approximate surface area is 186 Å². The van der Waals surface area contributed by atoms with E-state index in [1.165, 1.54) is 11.8 Å². The van der Waals surface area contributed by atoms with Crippen LogP contribution in [0, 0.1) is 0 Å². The quantitative estimate of drug-likeness (QED) is 0.434. The van der Waals surface area contributed by atoms with Crippen molar-refractivity contribution >= 4 is 29.3 Å². The summed E-state index contributed by atoms with van der Waals surface area (Å²) < 4.78 is 7.18. The number of rotatable bonds is 10. The lowest BCUT2D eigenvalue weighted by Gasteiger charge is -2.22. The standard InChI is InChI=1S/C22H25ClN4O2S/c1-3-27-21(18-10-7-11-19(23)14-18)24-25-22(27)30-16-20(28)26(12-13-29-2)15-17-8-5-4-6-9-17/h4-11,14H,3,12-13,15-16H2,1-2H3. The Morgan fingerprint density at radius 2 is 1.97 bits per heavy atom. The summed E-state index contributed by atoms with van der Waals surface area (Å²) in [4.78, 5) is 14.7. The van der Waals surface area contributed by atoms with Crippen LogP contribution in [0.4, 0.5) is 0 Å². The number of carbonyl (C=O) groups excluding carboxylic acids is 1. The van der Waals surface area contributed by atoms with Gasteiger partial charge in [-0.1, -0.05) is 65.8 Å². The smallest absolute Gasteiger partial charge is 0.233 e. The molecule has 0 saturated heterocycles. The molecule has 6 nitrogen and oxygen atoms in total. The summed E-state index contributed by atoms with van der Waals surface area (Å²) in [5, 5.41) is 10.0. The molecule has 3 rings (SSSR count). The first kappa shape index (κ1) is 22.3. The van der Waals surface area contributed by atoms with Crippen LogP contribution in [0.15, 0.2) is 59.8 Å². The molecule has 0 aliphatic heterocycles. The predicted octanol–water partition coefficient (Wildman–Crippen LogP) is 4.39. The summed E-state index contributed by atoms with van der Waals surface area (Å²) in [5.74, 6) is 1.07. The van der Waals surface area contributed by atoms with Crippen molar-refractivity contribution in [3.8, 4) is 11.4 Å². The van der Waals surface area contributed by atoms with Crippen LogP contribution < -0.4 is 0 Å². The summed E-state index contributed by atoms with van der Waals surface area (Å²) >= 11 is 7.52. The maximum absolute atomic E-state index is 12.9. The average Bonchev–Trinajstić information content (AvgIpc) is 3.18. The summed E-state index contributed by atoms with van der Waals surface area (Å²) in [7, 11) is 1.64. The van der Waals surface area contributed by atoms with Crippen molar-refractivity contribution in [2.45, 2.75) is 25.2 Å². The zero-order valence-corrected chi connectivity index (χ0v) is 18.7. The van der Waals surface area contributed by atoms with Crippen molar-refractivity contribution < 1.29 is 9.53 Å². The van der Waals surface area contributed by atoms with Crippen LogP contribution in [0.5, 0.6) is 0 Å². The van der Waals surface area contributed by atoms with Crippen LogP contribution in [0.1, 0.15) is 12.5 Å². The van der Waals surface area contributed by atoms with E-state index in [9.17, 15) is 4.79 Å². The number of hydrogen-bond donors (Lipinski definition) is 0. The zero-order chi connectivity index (χ0) is 21.3. The first-order valence-electron chi connectivity index (χ1n) is 9.75. The third kappa shape index (κ3) is 5.84. The Balaban J connectivity index is 1.70. The van der Waals surface area contributed by atoms with Gasteiger partial charge in [-0.2, -0.15) is 0 Å². The van der Waals surface area contributed by atoms with E-state index in [0.29, 0.717) is 36.4 Å². The molecule has 0 aliphatic rings. The first-order chi connectivity index (χ1) is 14.6. The number of carbonyl (C=O) groups is 1. The number of nitrogens with zero attached hydrogens (tertiary/aromatic N) is 4. The number of methoxy groups -OCH3 is 1. The van der Waals surface area contributed by atoms with Gasteiger partial charge < -0.3 is 14.2 Å². The third-order valence-corrected chi connectivity index (χ3v) is 5.76. The van der Waals surface area contributed by atoms with Crippen molar-refractivity contribution in [1.29, 1.82) is 0 Å². The van der Waals surface area contributed by atoms with Gasteiger partial charge in [-0.25, -0.2) is 0 Å². The molecule has 3 aromatic rings. The van der Waals surface area contributed by atoms with E-state index in [4.69, 9.17) is 16.3 Å². The van der Waals surface area contributed by atoms with Gasteiger partial charge in [0.15, 0.2) is 11.0 Å². The van der Waals surface area contributed by atoms with Gasteiger partial charge in [0.2, 0.25) is 5.91 Å². The average molecular weight is 445 g/mol. The van der Waals surface area contributed by atoms with Crippen LogP contribution in [-0.4, -0.2) is 51.6 Å². The number of amides is 1. The van der Waals surface area contributed by atoms with Gasteiger partial charge in [0.1, 0.15) is 0 Å². The molecule has 2 aromatic carbocycles. The Kier molecular flexibility index (Phi) is 8.30. The van der Waals surface area contributed by atoms with Crippen molar-refractivity contribution in [2.24, 2.45) is 0 Å². The van der Waals surface area contributed by atoms with Crippen molar-refractivity contribution in [3.05, 3.63) is 65.2 Å². The van der Waals surface area contributed by atoms with Gasteiger partial charge in [0, 0.05) is 37.3 Å². The fraction of sp³-hybridized carbons (Fsp3) is 0.318. The second-order valence-corrected chi connectivity index (χ2v) is 8.02. The number of thioether (sulfide) groups is 1. The van der Waals surface area contributed by atoms with Crippen molar-refractivity contribution in [3.63, 3.8) is 0 Å². The lowest BCUT2D eigenvalue weighted by Crippen LogP contribution is -2.34. The largest absolute Gasteiger partial charge is 0.383 e. The molecule has 0 bridgehead atoms. The van der Waals surface area contributed by atoms with E-state index in [-0.39, 0.29) is 11.7 Å². The van der Waals surface area contributed by atoms with Gasteiger partial charge in [0.05, 0.1) is 12.4 Å². The fourth-order valence-electron chi connectivity index (χ4n) is 3.04. The molecular weight excluding hydrogens is 420 g/mol. The number of benzene rings is 2. The molecule has 0 radical (unpaired) electrons. The second kappa shape index (κ2) is 11.2. The van der Waals surface area contributed by atoms with Crippen LogP contribution >= 0.6 is 23.4 Å². The van der Waals surface area contributed by atoms with E-state index < -0.39 is 0 Å². The highest BCUT2D eigenvalue weighted by atomic mass is 35.5. The minimum absolute atomic E-state index is 0.0378. The maximum atomic E-state index is 12.9. The zero-order valence-electron chi connectivity index (χ0n) is 17.1. The van der Waals surface area contributed by atoms with E-state index in [1.807, 2.05) is 71.0 Å². The SMILES string of the molecule is CCn1c(SCC(=O)N(CCOC)Cc2ccccc2)nnc1-c1cccc(Cl)c1. The summed E-state index contributed by atoms with van der Waals surface area (Å²) in [6, 6.07) is 17.5. The molecular formula is C22H25ClN4O2S. The number of ether oxygens (including phenoxy) is 1. The van der Waals surface area contributed by atoms with Crippen molar-refractivity contribution in [2.75, 3.05) is 26.0 Å². The minimum Gasteiger partial charge on any atom is -0.383 e. The Bertz CT molecular complexity index is 965. The molecule has 0 spiro atoms. The molecule has 0 saturated carbocycles. The molecule has 1 heterocycles. The molecule has 30 heavy (non-hydrogen) atoms. The van der Waals surface area contributed by atoms with Crippen molar-refractivity contribution in [1.82, 2.24) is 19.7 Å². The summed E-state index contributed by atoms with van der Waals surface area (Å²) in [6.07, 6.45) is 0. The Morgan fingerprint density at radius 3 is 2.67 bits per heavy atom. The van der Waals surface area contributed by atoms with Gasteiger partial charge in [-0.3, -0.25) is 4.79 Å². The van der Waals surface area contributed by atoms with Crippen LogP contribution in [-0.2, 0) is 22.6 Å². The lowest BCUT2D eigenvalue weighted by atomic mass is 10.2. The maximum Gasteiger partial charge on any atom is 0.233 e. The molecule has 0 fully saturated rings. The molecule has 0 atom stereocenters. The number of aromatic nitrogens is 3. The molecule has 0 aliphatic carbocycles. The minimum atomic E-state index is 0.0378. The van der Waals surface area contributed by atoms with Crippen LogP contribution in [0.3, 0.4) is 0 Å². The number of halogens is 1. The van der Waals surface area contributed by atoms with E-state index in [2.05, 4.69) is 10.2 Å². The molecule has 1 amide bonds. The van der Waals surface area contributed by atoms with Gasteiger partial charge in [-0.05, 0) is 24.6 Å². The predicted molar refractivity (Wildman–Crippen MR) is 121 cm³/mol. The summed E-state index contributed by atoms with van der Waals surface area (Å²) in [5.41, 5.74) is 1.99. The molecule has 158 valence electrons. The van der Waals surface area contributed by atoms with Crippen LogP contribution in [0.2, 0.25) is 5.02 Å². The van der Waals surface area contributed by atoms with Gasteiger partial charge in [-0.15, -0.1) is 10.2 Å². The third-order valence-electron chi connectivity index (χ3n) is 4.57. The molecule has 0 unspecified atom stereocenters. The highest BCUT2D eigenvalue weighted by Crippen LogP contribution is 2.26. The molecule has 8 heteroatoms. The first-order valence-corrected chi connectivity index (χ1v) is 11.1. The Hall–Kier alpha value is -2.35. The van der Waals surface area contributed by atoms with Crippen LogP contribution in [0.25, 0.3) is 11.4 Å². The van der Waals surface area contributed by atoms with E-state index in [1.54, 1.807) is 7.11 Å². The van der Waals surface area contributed by atoms with Gasteiger partial charge in [0.25, 0.3) is 0 Å². The molecule has 0 N–H and O–H groups in total. The van der Waals surface area contributed by atoms with E-state index >= 15 is 0 Å².